The van der Waals surface area contributed by atoms with Crippen LogP contribution < -0.4 is 10.1 Å². The van der Waals surface area contributed by atoms with Crippen molar-refractivity contribution in [3.8, 4) is 5.75 Å². The Hall–Kier alpha value is -1.02. The fraction of sp³-hybridized carbons (Fsp3) is 0.625. The highest BCUT2D eigenvalue weighted by atomic mass is 16.5. The molecule has 1 rings (SSSR count). The Morgan fingerprint density at radius 2 is 2.06 bits per heavy atom. The Morgan fingerprint density at radius 3 is 2.67 bits per heavy atom. The molecule has 0 amide bonds. The van der Waals surface area contributed by atoms with Crippen molar-refractivity contribution >= 4 is 0 Å². The van der Waals surface area contributed by atoms with E-state index in [-0.39, 0.29) is 0 Å². The van der Waals surface area contributed by atoms with E-state index in [1.807, 2.05) is 6.07 Å². The lowest BCUT2D eigenvalue weighted by Gasteiger charge is -2.22. The van der Waals surface area contributed by atoms with Gasteiger partial charge in [-0.05, 0) is 49.4 Å². The van der Waals surface area contributed by atoms with Gasteiger partial charge in [0.25, 0.3) is 0 Å². The summed E-state index contributed by atoms with van der Waals surface area (Å²) >= 11 is 0. The van der Waals surface area contributed by atoms with Crippen LogP contribution in [-0.2, 0) is 6.42 Å². The predicted molar refractivity (Wildman–Crippen MR) is 78.2 cm³/mol. The van der Waals surface area contributed by atoms with Crippen LogP contribution in [0.5, 0.6) is 5.75 Å². The summed E-state index contributed by atoms with van der Waals surface area (Å²) in [5.41, 5.74) is 1.36. The van der Waals surface area contributed by atoms with E-state index < -0.39 is 0 Å². The lowest BCUT2D eigenvalue weighted by Crippen LogP contribution is -2.34. The first-order valence-corrected chi connectivity index (χ1v) is 7.03. The molecular formula is C16H27NO. The number of methoxy groups -OCH3 is 1. The minimum atomic E-state index is 0.608. The van der Waals surface area contributed by atoms with Crippen molar-refractivity contribution in [1.82, 2.24) is 5.32 Å². The van der Waals surface area contributed by atoms with Crippen LogP contribution in [0.4, 0.5) is 0 Å². The van der Waals surface area contributed by atoms with E-state index in [0.717, 1.165) is 18.7 Å². The Morgan fingerprint density at radius 1 is 1.28 bits per heavy atom. The van der Waals surface area contributed by atoms with Gasteiger partial charge in [0.15, 0.2) is 0 Å². The normalized spacial score (nSPS) is 12.7. The Labute approximate surface area is 112 Å². The summed E-state index contributed by atoms with van der Waals surface area (Å²) in [7, 11) is 1.72. The number of rotatable bonds is 8. The summed E-state index contributed by atoms with van der Waals surface area (Å²) in [5, 5.41) is 3.64. The summed E-state index contributed by atoms with van der Waals surface area (Å²) < 4.78 is 5.26. The number of benzene rings is 1. The van der Waals surface area contributed by atoms with E-state index in [1.165, 1.54) is 18.4 Å². The van der Waals surface area contributed by atoms with E-state index in [1.54, 1.807) is 7.11 Å². The molecule has 102 valence electrons. The second-order valence-corrected chi connectivity index (χ2v) is 5.19. The number of hydrogen-bond acceptors (Lipinski definition) is 2. The first-order valence-electron chi connectivity index (χ1n) is 7.03. The molecule has 1 atom stereocenters. The molecule has 0 aliphatic rings. The zero-order valence-corrected chi connectivity index (χ0v) is 12.2. The standard InChI is InChI=1S/C16H27NO/c1-5-11-17-16(13(2)3)10-9-14-7-6-8-15(12-14)18-4/h6-8,12-13,16-17H,5,9-11H2,1-4H3. The minimum Gasteiger partial charge on any atom is -0.497 e. The third-order valence-corrected chi connectivity index (χ3v) is 3.34. The van der Waals surface area contributed by atoms with Crippen LogP contribution in [0.15, 0.2) is 24.3 Å². The zero-order valence-electron chi connectivity index (χ0n) is 12.2. The highest BCUT2D eigenvalue weighted by Crippen LogP contribution is 2.16. The highest BCUT2D eigenvalue weighted by molar-refractivity contribution is 5.28. The van der Waals surface area contributed by atoms with Crippen molar-refractivity contribution in [1.29, 1.82) is 0 Å². The van der Waals surface area contributed by atoms with Gasteiger partial charge in [0.1, 0.15) is 5.75 Å². The molecule has 0 fully saturated rings. The fourth-order valence-electron chi connectivity index (χ4n) is 2.15. The van der Waals surface area contributed by atoms with Gasteiger partial charge in [-0.15, -0.1) is 0 Å². The SMILES string of the molecule is CCCNC(CCc1cccc(OC)c1)C(C)C. The number of aryl methyl sites for hydroxylation is 1. The van der Waals surface area contributed by atoms with Crippen molar-refractivity contribution in [2.75, 3.05) is 13.7 Å². The van der Waals surface area contributed by atoms with Crippen molar-refractivity contribution in [2.24, 2.45) is 5.92 Å². The van der Waals surface area contributed by atoms with Crippen LogP contribution >= 0.6 is 0 Å². The maximum Gasteiger partial charge on any atom is 0.119 e. The fourth-order valence-corrected chi connectivity index (χ4v) is 2.15. The summed E-state index contributed by atoms with van der Waals surface area (Å²) in [5.74, 6) is 1.64. The third kappa shape index (κ3) is 5.09. The van der Waals surface area contributed by atoms with E-state index in [4.69, 9.17) is 4.74 Å². The van der Waals surface area contributed by atoms with Gasteiger partial charge in [-0.2, -0.15) is 0 Å². The topological polar surface area (TPSA) is 21.3 Å². The van der Waals surface area contributed by atoms with Gasteiger partial charge in [-0.1, -0.05) is 32.9 Å². The van der Waals surface area contributed by atoms with Gasteiger partial charge in [0, 0.05) is 6.04 Å². The molecule has 18 heavy (non-hydrogen) atoms. The zero-order chi connectivity index (χ0) is 13.4. The smallest absolute Gasteiger partial charge is 0.119 e. The van der Waals surface area contributed by atoms with Crippen molar-refractivity contribution in [3.63, 3.8) is 0 Å². The maximum atomic E-state index is 5.26. The van der Waals surface area contributed by atoms with E-state index in [0.29, 0.717) is 12.0 Å². The van der Waals surface area contributed by atoms with E-state index >= 15 is 0 Å². The largest absolute Gasteiger partial charge is 0.497 e. The summed E-state index contributed by atoms with van der Waals surface area (Å²) in [6, 6.07) is 8.99. The molecule has 0 aliphatic carbocycles. The number of nitrogens with one attached hydrogen (secondary N) is 1. The Balaban J connectivity index is 2.49. The van der Waals surface area contributed by atoms with Crippen LogP contribution in [0, 0.1) is 5.92 Å². The molecule has 1 N–H and O–H groups in total. The molecule has 0 heterocycles. The van der Waals surface area contributed by atoms with Gasteiger partial charge < -0.3 is 10.1 Å². The average molecular weight is 249 g/mol. The maximum absolute atomic E-state index is 5.26. The second-order valence-electron chi connectivity index (χ2n) is 5.19. The predicted octanol–water partition coefficient (Wildman–Crippen LogP) is 3.65. The molecule has 1 unspecified atom stereocenters. The van der Waals surface area contributed by atoms with Crippen LogP contribution in [0.25, 0.3) is 0 Å². The van der Waals surface area contributed by atoms with Gasteiger partial charge >= 0.3 is 0 Å². The molecule has 1 aromatic rings. The van der Waals surface area contributed by atoms with E-state index in [2.05, 4.69) is 44.3 Å². The molecular weight excluding hydrogens is 222 g/mol. The highest BCUT2D eigenvalue weighted by Gasteiger charge is 2.12. The monoisotopic (exact) mass is 249 g/mol. The molecule has 2 heteroatoms. The Kier molecular flexibility index (Phi) is 6.81. The van der Waals surface area contributed by atoms with Crippen molar-refractivity contribution < 1.29 is 4.74 Å². The second kappa shape index (κ2) is 8.15. The molecule has 0 radical (unpaired) electrons. The molecule has 0 aliphatic heterocycles. The molecule has 0 bridgehead atoms. The summed E-state index contributed by atoms with van der Waals surface area (Å²) in [6.07, 6.45) is 3.49. The lowest BCUT2D eigenvalue weighted by molar-refractivity contribution is 0.377. The number of hydrogen-bond donors (Lipinski definition) is 1. The summed E-state index contributed by atoms with van der Waals surface area (Å²) in [4.78, 5) is 0. The van der Waals surface area contributed by atoms with E-state index in [9.17, 15) is 0 Å². The first-order chi connectivity index (χ1) is 8.67. The molecule has 2 nitrogen and oxygen atoms in total. The van der Waals surface area contributed by atoms with Crippen LogP contribution in [0.2, 0.25) is 0 Å². The van der Waals surface area contributed by atoms with Gasteiger partial charge in [0.2, 0.25) is 0 Å². The van der Waals surface area contributed by atoms with Gasteiger partial charge in [-0.3, -0.25) is 0 Å². The molecule has 0 saturated carbocycles. The molecule has 1 aromatic carbocycles. The van der Waals surface area contributed by atoms with Crippen molar-refractivity contribution in [3.05, 3.63) is 29.8 Å². The molecule has 0 spiro atoms. The van der Waals surface area contributed by atoms with Crippen molar-refractivity contribution in [2.45, 2.75) is 46.1 Å². The van der Waals surface area contributed by atoms with Gasteiger partial charge in [0.05, 0.1) is 7.11 Å². The molecule has 0 saturated heterocycles. The minimum absolute atomic E-state index is 0.608. The Bertz CT molecular complexity index is 336. The third-order valence-electron chi connectivity index (χ3n) is 3.34. The quantitative estimate of drug-likeness (QED) is 0.759. The van der Waals surface area contributed by atoms with Crippen LogP contribution in [0.1, 0.15) is 39.2 Å². The summed E-state index contributed by atoms with van der Waals surface area (Å²) in [6.45, 7) is 7.91. The lowest BCUT2D eigenvalue weighted by atomic mass is 9.96. The van der Waals surface area contributed by atoms with Crippen LogP contribution in [0.3, 0.4) is 0 Å². The van der Waals surface area contributed by atoms with Crippen LogP contribution in [-0.4, -0.2) is 19.7 Å². The number of ether oxygens (including phenoxy) is 1. The first kappa shape index (κ1) is 15.0. The average Bonchev–Trinajstić information content (AvgIpc) is 2.38. The van der Waals surface area contributed by atoms with Gasteiger partial charge in [-0.25, -0.2) is 0 Å². The molecule has 0 aromatic heterocycles.